The van der Waals surface area contributed by atoms with Gasteiger partial charge in [-0.3, -0.25) is 19.8 Å². The van der Waals surface area contributed by atoms with Crippen LogP contribution in [0.1, 0.15) is 37.4 Å². The molecule has 0 spiro atoms. The molecule has 0 aromatic heterocycles. The molecule has 9 nitrogen and oxygen atoms in total. The van der Waals surface area contributed by atoms with Gasteiger partial charge in [-0.05, 0) is 65.2 Å². The van der Waals surface area contributed by atoms with E-state index < -0.39 is 6.09 Å². The Kier molecular flexibility index (Phi) is 8.35. The predicted octanol–water partition coefficient (Wildman–Crippen LogP) is 5.66. The van der Waals surface area contributed by atoms with E-state index in [-0.39, 0.29) is 25.0 Å². The van der Waals surface area contributed by atoms with Crippen LogP contribution in [0.25, 0.3) is 0 Å². The lowest BCUT2D eigenvalue weighted by atomic mass is 10.1. The van der Waals surface area contributed by atoms with E-state index in [1.807, 2.05) is 36.4 Å². The van der Waals surface area contributed by atoms with Crippen LogP contribution < -0.4 is 14.8 Å². The number of nitrogens with one attached hydrogen (secondary N) is 1. The number of imide groups is 1. The van der Waals surface area contributed by atoms with Crippen LogP contribution >= 0.6 is 0 Å². The summed E-state index contributed by atoms with van der Waals surface area (Å²) in [6.45, 7) is 0.688. The number of benzene rings is 4. The molecule has 0 saturated carbocycles. The van der Waals surface area contributed by atoms with E-state index in [0.717, 1.165) is 22.4 Å². The number of alkyl carbamates (subject to hydrolysis) is 1. The van der Waals surface area contributed by atoms with Gasteiger partial charge in [0.2, 0.25) is 0 Å². The van der Waals surface area contributed by atoms with Crippen molar-refractivity contribution in [2.45, 2.75) is 19.8 Å². The van der Waals surface area contributed by atoms with Crippen LogP contribution in [0.5, 0.6) is 11.5 Å². The number of fused-ring (bicyclic) bond motifs is 1. The van der Waals surface area contributed by atoms with E-state index >= 15 is 0 Å². The van der Waals surface area contributed by atoms with Gasteiger partial charge in [-0.2, -0.15) is 0 Å². The largest absolute Gasteiger partial charge is 0.497 e. The molecule has 0 atom stereocenters. The maximum atomic E-state index is 12.6. The Morgan fingerprint density at radius 2 is 1.32 bits per heavy atom. The van der Waals surface area contributed by atoms with E-state index in [0.29, 0.717) is 29.2 Å². The zero-order valence-electron chi connectivity index (χ0n) is 22.3. The number of amides is 3. The van der Waals surface area contributed by atoms with E-state index in [2.05, 4.69) is 10.3 Å². The molecule has 1 heterocycles. The summed E-state index contributed by atoms with van der Waals surface area (Å²) in [5.74, 6) is 0.846. The van der Waals surface area contributed by atoms with Crippen LogP contribution in [0.15, 0.2) is 102 Å². The topological polar surface area (TPSA) is 107 Å². The standard InChI is InChI=1S/C32H27N3O6/c1-39-26-14-10-24(11-15-26)20-41-32(38)34-21-33-25-12-16-27(17-13-25)40-19-23-8-6-22(7-9-23)18-35-30(36)28-4-2-3-5-29(28)31(35)37/h2-17,21H,18-20H2,1H3,(H,33,34,38). The first kappa shape index (κ1) is 27.1. The van der Waals surface area contributed by atoms with Gasteiger partial charge in [0.25, 0.3) is 11.8 Å². The third-order valence-electron chi connectivity index (χ3n) is 6.41. The van der Waals surface area contributed by atoms with Gasteiger partial charge in [-0.1, -0.05) is 48.5 Å². The minimum absolute atomic E-state index is 0.130. The molecule has 1 aliphatic heterocycles. The minimum atomic E-state index is -0.612. The van der Waals surface area contributed by atoms with Gasteiger partial charge < -0.3 is 14.2 Å². The quantitative estimate of drug-likeness (QED) is 0.156. The molecule has 5 rings (SSSR count). The molecule has 0 bridgehead atoms. The Morgan fingerprint density at radius 1 is 0.756 bits per heavy atom. The van der Waals surface area contributed by atoms with Crippen molar-refractivity contribution < 1.29 is 28.6 Å². The summed E-state index contributed by atoms with van der Waals surface area (Å²) in [5.41, 5.74) is 4.15. The number of aliphatic imine (C=N–C) groups is 1. The van der Waals surface area contributed by atoms with Crippen molar-refractivity contribution in [3.05, 3.63) is 125 Å². The summed E-state index contributed by atoms with van der Waals surface area (Å²) < 4.78 is 16.1. The SMILES string of the molecule is COc1ccc(COC(=O)NC=Nc2ccc(OCc3ccc(CN4C(=O)c5ccccc5C4=O)cc3)cc2)cc1. The first-order valence-electron chi connectivity index (χ1n) is 12.8. The summed E-state index contributed by atoms with van der Waals surface area (Å²) in [5, 5.41) is 2.47. The molecule has 0 fully saturated rings. The molecule has 4 aromatic rings. The van der Waals surface area contributed by atoms with Crippen molar-refractivity contribution in [2.75, 3.05) is 7.11 Å². The number of carbonyl (C=O) groups is 3. The van der Waals surface area contributed by atoms with Crippen LogP contribution in [-0.4, -0.2) is 36.3 Å². The fourth-order valence-electron chi connectivity index (χ4n) is 4.17. The molecule has 41 heavy (non-hydrogen) atoms. The second-order valence-electron chi connectivity index (χ2n) is 9.17. The zero-order valence-corrected chi connectivity index (χ0v) is 22.3. The number of methoxy groups -OCH3 is 1. The first-order valence-corrected chi connectivity index (χ1v) is 12.8. The van der Waals surface area contributed by atoms with Gasteiger partial charge in [0.05, 0.1) is 36.8 Å². The monoisotopic (exact) mass is 549 g/mol. The Hall–Kier alpha value is -5.44. The third kappa shape index (κ3) is 6.77. The van der Waals surface area contributed by atoms with Crippen molar-refractivity contribution in [1.82, 2.24) is 10.2 Å². The average Bonchev–Trinajstić information content (AvgIpc) is 3.25. The number of hydrogen-bond donors (Lipinski definition) is 1. The lowest BCUT2D eigenvalue weighted by Gasteiger charge is -2.14. The van der Waals surface area contributed by atoms with Crippen molar-refractivity contribution >= 4 is 29.9 Å². The molecule has 3 amide bonds. The van der Waals surface area contributed by atoms with Crippen LogP contribution in [0.4, 0.5) is 10.5 Å². The fraction of sp³-hybridized carbons (Fsp3) is 0.125. The molecule has 9 heteroatoms. The van der Waals surface area contributed by atoms with Gasteiger partial charge in [-0.15, -0.1) is 0 Å². The maximum Gasteiger partial charge on any atom is 0.412 e. The van der Waals surface area contributed by atoms with Gasteiger partial charge in [0.15, 0.2) is 0 Å². The average molecular weight is 550 g/mol. The Balaban J connectivity index is 1.05. The molecule has 206 valence electrons. The summed E-state index contributed by atoms with van der Waals surface area (Å²) >= 11 is 0. The normalized spacial score (nSPS) is 12.4. The Labute approximate surface area is 237 Å². The van der Waals surface area contributed by atoms with Crippen LogP contribution in [0.3, 0.4) is 0 Å². The summed E-state index contributed by atoms with van der Waals surface area (Å²) in [6, 6.07) is 28.8. The Bertz CT molecular complexity index is 1530. The van der Waals surface area contributed by atoms with Gasteiger partial charge >= 0.3 is 6.09 Å². The van der Waals surface area contributed by atoms with E-state index in [9.17, 15) is 14.4 Å². The van der Waals surface area contributed by atoms with Crippen molar-refractivity contribution in [3.8, 4) is 11.5 Å². The van der Waals surface area contributed by atoms with E-state index in [4.69, 9.17) is 14.2 Å². The highest BCUT2D eigenvalue weighted by atomic mass is 16.5. The van der Waals surface area contributed by atoms with Gasteiger partial charge in [0, 0.05) is 0 Å². The second-order valence-corrected chi connectivity index (χ2v) is 9.17. The summed E-state index contributed by atoms with van der Waals surface area (Å²) in [7, 11) is 1.59. The lowest BCUT2D eigenvalue weighted by Crippen LogP contribution is -2.29. The molecular weight excluding hydrogens is 522 g/mol. The second kappa shape index (κ2) is 12.6. The lowest BCUT2D eigenvalue weighted by molar-refractivity contribution is 0.0642. The highest BCUT2D eigenvalue weighted by Crippen LogP contribution is 2.24. The zero-order chi connectivity index (χ0) is 28.6. The first-order chi connectivity index (χ1) is 20.0. The molecule has 1 N–H and O–H groups in total. The highest BCUT2D eigenvalue weighted by molar-refractivity contribution is 6.21. The van der Waals surface area contributed by atoms with Gasteiger partial charge in [0.1, 0.15) is 24.7 Å². The highest BCUT2D eigenvalue weighted by Gasteiger charge is 2.34. The van der Waals surface area contributed by atoms with Crippen LogP contribution in [0.2, 0.25) is 0 Å². The smallest absolute Gasteiger partial charge is 0.412 e. The minimum Gasteiger partial charge on any atom is -0.497 e. The van der Waals surface area contributed by atoms with Gasteiger partial charge in [-0.25, -0.2) is 9.79 Å². The number of nitrogens with zero attached hydrogens (tertiary/aromatic N) is 2. The van der Waals surface area contributed by atoms with Crippen molar-refractivity contribution in [3.63, 3.8) is 0 Å². The molecule has 1 aliphatic rings. The van der Waals surface area contributed by atoms with Crippen LogP contribution in [0, 0.1) is 0 Å². The molecule has 0 radical (unpaired) electrons. The van der Waals surface area contributed by atoms with E-state index in [1.54, 1.807) is 67.8 Å². The maximum absolute atomic E-state index is 12.6. The van der Waals surface area contributed by atoms with Crippen molar-refractivity contribution in [1.29, 1.82) is 0 Å². The number of hydrogen-bond acceptors (Lipinski definition) is 7. The molecule has 0 saturated heterocycles. The molecule has 4 aromatic carbocycles. The number of rotatable bonds is 10. The van der Waals surface area contributed by atoms with E-state index in [1.165, 1.54) is 11.2 Å². The Morgan fingerprint density at radius 3 is 1.95 bits per heavy atom. The molecule has 0 aliphatic carbocycles. The summed E-state index contributed by atoms with van der Waals surface area (Å²) in [4.78, 5) is 42.5. The molecule has 0 unspecified atom stereocenters. The molecular formula is C32H27N3O6. The number of ether oxygens (including phenoxy) is 3. The predicted molar refractivity (Wildman–Crippen MR) is 152 cm³/mol. The fourth-order valence-corrected chi connectivity index (χ4v) is 4.17. The number of carbonyl (C=O) groups excluding carboxylic acids is 3. The summed E-state index contributed by atoms with van der Waals surface area (Å²) in [6.07, 6.45) is 0.662. The van der Waals surface area contributed by atoms with Crippen molar-refractivity contribution in [2.24, 2.45) is 4.99 Å². The third-order valence-corrected chi connectivity index (χ3v) is 6.41. The van der Waals surface area contributed by atoms with Crippen LogP contribution in [-0.2, 0) is 24.5 Å².